The van der Waals surface area contributed by atoms with Gasteiger partial charge in [-0.1, -0.05) is 41.4 Å². The van der Waals surface area contributed by atoms with Crippen LogP contribution >= 0.6 is 27.5 Å². The van der Waals surface area contributed by atoms with Crippen molar-refractivity contribution in [1.82, 2.24) is 14.6 Å². The number of halogens is 2. The van der Waals surface area contributed by atoms with Crippen LogP contribution in [0.4, 0.5) is 0 Å². The van der Waals surface area contributed by atoms with Crippen LogP contribution in [0.1, 0.15) is 37.6 Å². The summed E-state index contributed by atoms with van der Waals surface area (Å²) >= 11 is 9.92. The minimum absolute atomic E-state index is 0.0100. The van der Waals surface area contributed by atoms with Crippen molar-refractivity contribution in [2.45, 2.75) is 26.2 Å². The highest BCUT2D eigenvalue weighted by Gasteiger charge is 2.20. The number of carbonyl (C=O) groups is 1. The van der Waals surface area contributed by atoms with Crippen LogP contribution in [-0.2, 0) is 9.53 Å². The molecule has 1 atom stereocenters. The zero-order valence-corrected chi connectivity index (χ0v) is 23.2. The van der Waals surface area contributed by atoms with Gasteiger partial charge in [0.15, 0.2) is 18.1 Å². The number of hydrogen-bond donors (Lipinski definition) is 0. The van der Waals surface area contributed by atoms with Gasteiger partial charge in [0.2, 0.25) is 0 Å². The second kappa shape index (κ2) is 12.1. The van der Waals surface area contributed by atoms with E-state index in [9.17, 15) is 9.59 Å². The Labute approximate surface area is 228 Å². The van der Waals surface area contributed by atoms with E-state index in [0.717, 1.165) is 10.9 Å². The minimum atomic E-state index is -0.266. The van der Waals surface area contributed by atoms with Crippen LogP contribution in [0.25, 0.3) is 10.9 Å². The molecule has 0 bridgehead atoms. The van der Waals surface area contributed by atoms with E-state index >= 15 is 0 Å². The van der Waals surface area contributed by atoms with Crippen molar-refractivity contribution in [2.75, 3.05) is 40.0 Å². The quantitative estimate of drug-likeness (QED) is 0.359. The van der Waals surface area contributed by atoms with Crippen LogP contribution in [0.3, 0.4) is 0 Å². The number of morpholine rings is 1. The van der Waals surface area contributed by atoms with Crippen molar-refractivity contribution in [3.63, 3.8) is 0 Å². The number of methoxy groups -OCH3 is 1. The van der Waals surface area contributed by atoms with Gasteiger partial charge in [0, 0.05) is 23.5 Å². The summed E-state index contributed by atoms with van der Waals surface area (Å²) in [4.78, 5) is 32.2. The van der Waals surface area contributed by atoms with E-state index in [0.29, 0.717) is 54.3 Å². The number of benzene rings is 2. The molecule has 1 aliphatic heterocycles. The molecule has 4 rings (SSSR count). The molecule has 196 valence electrons. The second-order valence-electron chi connectivity index (χ2n) is 8.62. The molecular formula is C26H28BrClN4O5. The molecule has 1 saturated heterocycles. The molecule has 1 fully saturated rings. The Morgan fingerprint density at radius 1 is 1.30 bits per heavy atom. The van der Waals surface area contributed by atoms with Gasteiger partial charge in [0.1, 0.15) is 5.82 Å². The Morgan fingerprint density at radius 3 is 2.76 bits per heavy atom. The fourth-order valence-corrected chi connectivity index (χ4v) is 4.53. The molecule has 1 amide bonds. The summed E-state index contributed by atoms with van der Waals surface area (Å²) in [6.45, 7) is 5.94. The minimum Gasteiger partial charge on any atom is -0.493 e. The van der Waals surface area contributed by atoms with Gasteiger partial charge in [-0.3, -0.25) is 9.59 Å². The van der Waals surface area contributed by atoms with Crippen LogP contribution in [0.2, 0.25) is 5.02 Å². The SMILES string of the molecule is CC[C@@H](C)c1nc2ccc(Br)cc2c(=O)n1N=Cc1cc(Cl)c(OCC(=O)N2CCOCC2)c(OC)c1. The lowest BCUT2D eigenvalue weighted by atomic mass is 10.1. The highest BCUT2D eigenvalue weighted by molar-refractivity contribution is 9.10. The molecule has 37 heavy (non-hydrogen) atoms. The third-order valence-corrected chi connectivity index (χ3v) is 6.94. The molecule has 1 aromatic heterocycles. The van der Waals surface area contributed by atoms with E-state index in [-0.39, 0.29) is 34.8 Å². The molecule has 9 nitrogen and oxygen atoms in total. The van der Waals surface area contributed by atoms with Gasteiger partial charge in [0.05, 0.1) is 42.5 Å². The normalized spacial score (nSPS) is 14.8. The summed E-state index contributed by atoms with van der Waals surface area (Å²) in [5.41, 5.74) is 0.940. The van der Waals surface area contributed by atoms with Crippen molar-refractivity contribution in [1.29, 1.82) is 0 Å². The maximum absolute atomic E-state index is 13.3. The molecule has 1 aliphatic rings. The fraction of sp³-hybridized carbons (Fsp3) is 0.385. The number of ether oxygens (including phenoxy) is 3. The summed E-state index contributed by atoms with van der Waals surface area (Å²) < 4.78 is 18.6. The van der Waals surface area contributed by atoms with E-state index in [1.807, 2.05) is 26.0 Å². The van der Waals surface area contributed by atoms with Crippen LogP contribution in [-0.4, -0.2) is 66.7 Å². The largest absolute Gasteiger partial charge is 0.493 e. The zero-order valence-electron chi connectivity index (χ0n) is 20.9. The molecule has 3 aromatic rings. The van der Waals surface area contributed by atoms with E-state index in [4.69, 9.17) is 30.8 Å². The highest BCUT2D eigenvalue weighted by atomic mass is 79.9. The first kappa shape index (κ1) is 27.1. The Hall–Kier alpha value is -2.95. The van der Waals surface area contributed by atoms with Crippen LogP contribution in [0.5, 0.6) is 11.5 Å². The number of carbonyl (C=O) groups excluding carboxylic acids is 1. The van der Waals surface area contributed by atoms with Gasteiger partial charge in [0.25, 0.3) is 11.5 Å². The van der Waals surface area contributed by atoms with E-state index in [1.54, 1.807) is 23.1 Å². The topological polar surface area (TPSA) is 95.3 Å². The number of amides is 1. The first-order valence-electron chi connectivity index (χ1n) is 11.9. The van der Waals surface area contributed by atoms with Crippen molar-refractivity contribution >= 4 is 50.6 Å². The summed E-state index contributed by atoms with van der Waals surface area (Å²) in [6.07, 6.45) is 2.31. The molecule has 0 saturated carbocycles. The van der Waals surface area contributed by atoms with E-state index < -0.39 is 0 Å². The average Bonchev–Trinajstić information content (AvgIpc) is 2.91. The van der Waals surface area contributed by atoms with E-state index in [2.05, 4.69) is 21.0 Å². The van der Waals surface area contributed by atoms with Crippen LogP contribution in [0, 0.1) is 0 Å². The Kier molecular flexibility index (Phi) is 8.83. The van der Waals surface area contributed by atoms with Gasteiger partial charge in [-0.15, -0.1) is 0 Å². The lowest BCUT2D eigenvalue weighted by Crippen LogP contribution is -2.43. The highest BCUT2D eigenvalue weighted by Crippen LogP contribution is 2.36. The maximum atomic E-state index is 13.3. The molecule has 0 spiro atoms. The van der Waals surface area contributed by atoms with Crippen LogP contribution in [0.15, 0.2) is 44.7 Å². The first-order valence-corrected chi connectivity index (χ1v) is 13.1. The summed E-state index contributed by atoms with van der Waals surface area (Å²) in [5, 5.41) is 5.20. The summed E-state index contributed by atoms with van der Waals surface area (Å²) in [5.74, 6) is 1.03. The molecule has 0 unspecified atom stereocenters. The van der Waals surface area contributed by atoms with Crippen molar-refractivity contribution < 1.29 is 19.0 Å². The molecule has 0 aliphatic carbocycles. The van der Waals surface area contributed by atoms with Gasteiger partial charge >= 0.3 is 0 Å². The fourth-order valence-electron chi connectivity index (χ4n) is 3.90. The maximum Gasteiger partial charge on any atom is 0.282 e. The van der Waals surface area contributed by atoms with Gasteiger partial charge in [-0.2, -0.15) is 9.78 Å². The lowest BCUT2D eigenvalue weighted by Gasteiger charge is -2.26. The third kappa shape index (κ3) is 6.14. The molecule has 2 aromatic carbocycles. The third-order valence-electron chi connectivity index (χ3n) is 6.16. The number of aromatic nitrogens is 2. The van der Waals surface area contributed by atoms with Gasteiger partial charge < -0.3 is 19.1 Å². The number of hydrogen-bond acceptors (Lipinski definition) is 7. The first-order chi connectivity index (χ1) is 17.8. The predicted molar refractivity (Wildman–Crippen MR) is 146 cm³/mol. The standard InChI is InChI=1S/C26H28BrClN4O5/c1-4-16(2)25-30-21-6-5-18(27)13-19(21)26(34)32(25)29-14-17-11-20(28)24(22(12-17)35-3)37-15-23(33)31-7-9-36-10-8-31/h5-6,11-14,16H,4,7-10,15H2,1-3H3/t16-/m1/s1. The lowest BCUT2D eigenvalue weighted by molar-refractivity contribution is -0.137. The van der Waals surface area contributed by atoms with Crippen molar-refractivity contribution in [2.24, 2.45) is 5.10 Å². The zero-order chi connectivity index (χ0) is 26.5. The number of nitrogens with zero attached hydrogens (tertiary/aromatic N) is 4. The molecule has 2 heterocycles. The number of rotatable bonds is 8. The summed E-state index contributed by atoms with van der Waals surface area (Å²) in [6, 6.07) is 8.73. The Bertz CT molecular complexity index is 1390. The monoisotopic (exact) mass is 590 g/mol. The smallest absolute Gasteiger partial charge is 0.282 e. The molecule has 11 heteroatoms. The van der Waals surface area contributed by atoms with Gasteiger partial charge in [-0.05, 0) is 42.3 Å². The Morgan fingerprint density at radius 2 is 2.05 bits per heavy atom. The Balaban J connectivity index is 1.63. The molecule has 0 N–H and O–H groups in total. The van der Waals surface area contributed by atoms with Crippen LogP contribution < -0.4 is 15.0 Å². The average molecular weight is 592 g/mol. The van der Waals surface area contributed by atoms with Gasteiger partial charge in [-0.25, -0.2) is 4.98 Å². The number of fused-ring (bicyclic) bond motifs is 1. The van der Waals surface area contributed by atoms with E-state index in [1.165, 1.54) is 18.0 Å². The second-order valence-corrected chi connectivity index (χ2v) is 9.94. The summed E-state index contributed by atoms with van der Waals surface area (Å²) in [7, 11) is 1.49. The predicted octanol–water partition coefficient (Wildman–Crippen LogP) is 4.45. The van der Waals surface area contributed by atoms with Crippen molar-refractivity contribution in [3.8, 4) is 11.5 Å². The molecular weight excluding hydrogens is 564 g/mol. The molecule has 0 radical (unpaired) electrons. The van der Waals surface area contributed by atoms with Crippen molar-refractivity contribution in [3.05, 3.63) is 61.6 Å².